The van der Waals surface area contributed by atoms with E-state index in [-0.39, 0.29) is 11.9 Å². The SMILES string of the molecule is C=CC(=O)Nc1cc(Nc2cc(N3OCC[C@@H]3c3ccc(Cl)c(Cl)c3)ncn2)c(OC)cc1N1CCN(C(C)C)CC1. The maximum atomic E-state index is 12.4. The molecular formula is C30H35Cl2N7O3. The second-order valence-electron chi connectivity index (χ2n) is 10.4. The van der Waals surface area contributed by atoms with E-state index in [1.165, 1.54) is 12.4 Å². The number of carbonyl (C=O) groups excluding carboxylic acids is 1. The maximum Gasteiger partial charge on any atom is 0.247 e. The number of hydroxylamine groups is 1. The Labute approximate surface area is 256 Å². The number of halogens is 2. The molecule has 3 aromatic rings. The van der Waals surface area contributed by atoms with Crippen LogP contribution in [0.3, 0.4) is 0 Å². The Morgan fingerprint density at radius 3 is 2.57 bits per heavy atom. The zero-order valence-corrected chi connectivity index (χ0v) is 25.5. The molecule has 10 nitrogen and oxygen atoms in total. The van der Waals surface area contributed by atoms with E-state index < -0.39 is 0 Å². The molecule has 5 rings (SSSR count). The van der Waals surface area contributed by atoms with Gasteiger partial charge < -0.3 is 20.3 Å². The third kappa shape index (κ3) is 6.57. The first-order chi connectivity index (χ1) is 20.3. The van der Waals surface area contributed by atoms with Gasteiger partial charge >= 0.3 is 0 Å². The molecule has 0 radical (unpaired) electrons. The number of methoxy groups -OCH3 is 1. The standard InChI is InChI=1S/C30H35Cl2N7O3/c1-5-30(40)36-23-15-24(27(41-4)16-26(23)38-11-9-37(10-12-38)19(2)3)35-28-17-29(34-18-33-28)39-25(8-13-42-39)20-6-7-21(31)22(32)14-20/h5-7,14-19,25H,1,8-13H2,2-4H3,(H,36,40)(H,33,34,35)/t25-/m1/s1. The molecule has 0 spiro atoms. The summed E-state index contributed by atoms with van der Waals surface area (Å²) in [5.41, 5.74) is 3.14. The van der Waals surface area contributed by atoms with Crippen LogP contribution in [0, 0.1) is 0 Å². The molecule has 0 bridgehead atoms. The molecule has 1 aromatic heterocycles. The van der Waals surface area contributed by atoms with Crippen LogP contribution in [0.4, 0.5) is 28.7 Å². The van der Waals surface area contributed by atoms with Crippen molar-refractivity contribution < 1.29 is 14.4 Å². The fourth-order valence-electron chi connectivity index (χ4n) is 5.25. The highest BCUT2D eigenvalue weighted by molar-refractivity contribution is 6.42. The van der Waals surface area contributed by atoms with E-state index in [4.69, 9.17) is 32.8 Å². The van der Waals surface area contributed by atoms with Gasteiger partial charge in [0, 0.05) is 50.8 Å². The predicted molar refractivity (Wildman–Crippen MR) is 168 cm³/mol. The van der Waals surface area contributed by atoms with Gasteiger partial charge in [0.2, 0.25) is 5.91 Å². The van der Waals surface area contributed by atoms with Crippen LogP contribution in [-0.2, 0) is 9.63 Å². The van der Waals surface area contributed by atoms with Crippen LogP contribution >= 0.6 is 23.2 Å². The highest BCUT2D eigenvalue weighted by Gasteiger charge is 2.30. The van der Waals surface area contributed by atoms with Crippen molar-refractivity contribution in [1.82, 2.24) is 14.9 Å². The predicted octanol–water partition coefficient (Wildman–Crippen LogP) is 6.07. The quantitative estimate of drug-likeness (QED) is 0.279. The van der Waals surface area contributed by atoms with Crippen LogP contribution in [0.2, 0.25) is 10.0 Å². The van der Waals surface area contributed by atoms with Gasteiger partial charge in [-0.2, -0.15) is 0 Å². The summed E-state index contributed by atoms with van der Waals surface area (Å²) < 4.78 is 5.79. The second-order valence-corrected chi connectivity index (χ2v) is 11.2. The molecule has 0 aliphatic carbocycles. The van der Waals surface area contributed by atoms with Crippen molar-refractivity contribution >= 4 is 57.8 Å². The van der Waals surface area contributed by atoms with Gasteiger partial charge in [0.1, 0.15) is 17.9 Å². The molecule has 2 aliphatic heterocycles. The molecule has 2 N–H and O–H groups in total. The van der Waals surface area contributed by atoms with E-state index in [2.05, 4.69) is 50.8 Å². The normalized spacial score (nSPS) is 17.4. The lowest BCUT2D eigenvalue weighted by atomic mass is 10.0. The summed E-state index contributed by atoms with van der Waals surface area (Å²) in [5, 5.41) is 9.06. The fraction of sp³-hybridized carbons (Fsp3) is 0.367. The molecule has 2 fully saturated rings. The van der Waals surface area contributed by atoms with Crippen molar-refractivity contribution in [3.8, 4) is 5.75 Å². The fourth-order valence-corrected chi connectivity index (χ4v) is 5.56. The zero-order chi connectivity index (χ0) is 29.8. The molecule has 12 heteroatoms. The number of carbonyl (C=O) groups is 1. The highest BCUT2D eigenvalue weighted by Crippen LogP contribution is 2.40. The average Bonchev–Trinajstić information content (AvgIpc) is 3.49. The van der Waals surface area contributed by atoms with Crippen molar-refractivity contribution in [1.29, 1.82) is 0 Å². The van der Waals surface area contributed by atoms with Gasteiger partial charge in [-0.3, -0.25) is 14.5 Å². The second kappa shape index (κ2) is 13.2. The Hall–Kier alpha value is -3.57. The Bertz CT molecular complexity index is 1450. The number of piperazine rings is 1. The van der Waals surface area contributed by atoms with Gasteiger partial charge in [-0.15, -0.1) is 0 Å². The van der Waals surface area contributed by atoms with Crippen LogP contribution in [0.15, 0.2) is 55.4 Å². The number of hydrogen-bond acceptors (Lipinski definition) is 9. The van der Waals surface area contributed by atoms with Crippen LogP contribution in [-0.4, -0.2) is 66.7 Å². The summed E-state index contributed by atoms with van der Waals surface area (Å²) in [6, 6.07) is 11.6. The molecule has 1 amide bonds. The zero-order valence-electron chi connectivity index (χ0n) is 23.9. The summed E-state index contributed by atoms with van der Waals surface area (Å²) in [5.74, 6) is 1.43. The number of amides is 1. The Morgan fingerprint density at radius 2 is 1.88 bits per heavy atom. The van der Waals surface area contributed by atoms with Crippen LogP contribution < -0.4 is 25.3 Å². The summed E-state index contributed by atoms with van der Waals surface area (Å²) >= 11 is 12.4. The van der Waals surface area contributed by atoms with Gasteiger partial charge in [-0.1, -0.05) is 35.8 Å². The number of aromatic nitrogens is 2. The van der Waals surface area contributed by atoms with E-state index >= 15 is 0 Å². The average molecular weight is 613 g/mol. The minimum Gasteiger partial charge on any atom is -0.494 e. The molecule has 42 heavy (non-hydrogen) atoms. The van der Waals surface area contributed by atoms with E-state index in [0.717, 1.165) is 43.9 Å². The topological polar surface area (TPSA) is 95.1 Å². The first kappa shape index (κ1) is 29.9. The molecular weight excluding hydrogens is 577 g/mol. The summed E-state index contributed by atoms with van der Waals surface area (Å²) in [4.78, 5) is 32.0. The lowest BCUT2D eigenvalue weighted by Crippen LogP contribution is -2.49. The van der Waals surface area contributed by atoms with Crippen LogP contribution in [0.5, 0.6) is 5.75 Å². The molecule has 0 saturated carbocycles. The van der Waals surface area contributed by atoms with Gasteiger partial charge in [-0.25, -0.2) is 15.0 Å². The van der Waals surface area contributed by atoms with Crippen molar-refractivity contribution in [2.45, 2.75) is 32.4 Å². The third-order valence-electron chi connectivity index (χ3n) is 7.52. The molecule has 222 valence electrons. The molecule has 2 aliphatic rings. The van der Waals surface area contributed by atoms with Crippen molar-refractivity contribution in [2.75, 3.05) is 60.5 Å². The molecule has 1 atom stereocenters. The minimum atomic E-state index is -0.294. The molecule has 2 aromatic carbocycles. The Morgan fingerprint density at radius 1 is 1.10 bits per heavy atom. The number of rotatable bonds is 9. The first-order valence-electron chi connectivity index (χ1n) is 13.9. The van der Waals surface area contributed by atoms with Gasteiger partial charge in [0.05, 0.1) is 46.9 Å². The number of ether oxygens (including phenoxy) is 1. The maximum absolute atomic E-state index is 12.4. The Balaban J connectivity index is 1.42. The smallest absolute Gasteiger partial charge is 0.247 e. The molecule has 2 saturated heterocycles. The lowest BCUT2D eigenvalue weighted by Gasteiger charge is -2.39. The van der Waals surface area contributed by atoms with Gasteiger partial charge in [-0.05, 0) is 43.7 Å². The van der Waals surface area contributed by atoms with Crippen LogP contribution in [0.1, 0.15) is 31.9 Å². The van der Waals surface area contributed by atoms with Crippen molar-refractivity contribution in [3.63, 3.8) is 0 Å². The minimum absolute atomic E-state index is 0.0896. The molecule has 3 heterocycles. The van der Waals surface area contributed by atoms with Crippen molar-refractivity contribution in [2.24, 2.45) is 0 Å². The van der Waals surface area contributed by atoms with E-state index in [9.17, 15) is 4.79 Å². The van der Waals surface area contributed by atoms with Gasteiger partial charge in [0.25, 0.3) is 0 Å². The van der Waals surface area contributed by atoms with E-state index in [1.54, 1.807) is 24.3 Å². The third-order valence-corrected chi connectivity index (χ3v) is 8.26. The summed E-state index contributed by atoms with van der Waals surface area (Å²) in [7, 11) is 1.62. The lowest BCUT2D eigenvalue weighted by molar-refractivity contribution is -0.111. The van der Waals surface area contributed by atoms with Crippen LogP contribution in [0.25, 0.3) is 0 Å². The monoisotopic (exact) mass is 611 g/mol. The van der Waals surface area contributed by atoms with E-state index in [0.29, 0.717) is 51.5 Å². The number of anilines is 5. The molecule has 0 unspecified atom stereocenters. The van der Waals surface area contributed by atoms with Crippen molar-refractivity contribution in [3.05, 3.63) is 71.0 Å². The Kier molecular flexibility index (Phi) is 9.37. The highest BCUT2D eigenvalue weighted by atomic mass is 35.5. The first-order valence-corrected chi connectivity index (χ1v) is 14.6. The largest absolute Gasteiger partial charge is 0.494 e. The number of benzene rings is 2. The number of nitrogens with zero attached hydrogens (tertiary/aromatic N) is 5. The van der Waals surface area contributed by atoms with E-state index in [1.807, 2.05) is 24.3 Å². The summed E-state index contributed by atoms with van der Waals surface area (Å²) in [6.45, 7) is 12.1. The summed E-state index contributed by atoms with van der Waals surface area (Å²) in [6.07, 6.45) is 3.49. The number of hydrogen-bond donors (Lipinski definition) is 2. The number of nitrogens with one attached hydrogen (secondary N) is 2. The van der Waals surface area contributed by atoms with Gasteiger partial charge in [0.15, 0.2) is 5.82 Å².